The quantitative estimate of drug-likeness (QED) is 0.589. The van der Waals surface area contributed by atoms with E-state index in [1.165, 1.54) is 0 Å². The van der Waals surface area contributed by atoms with Crippen LogP contribution in [0.15, 0.2) is 24.3 Å². The highest BCUT2D eigenvalue weighted by Gasteiger charge is 2.17. The Morgan fingerprint density at radius 2 is 2.17 bits per heavy atom. The Morgan fingerprint density at radius 3 is 2.75 bits per heavy atom. The molecule has 1 aliphatic rings. The number of hydrogen-bond donors (Lipinski definition) is 1. The Hall–Kier alpha value is -1.05. The SMILES string of the molecule is CC1(C)C=CCC(C(N)=O)C=C1. The van der Waals surface area contributed by atoms with Gasteiger partial charge in [0.15, 0.2) is 0 Å². The highest BCUT2D eigenvalue weighted by Crippen LogP contribution is 2.24. The number of primary amides is 1. The molecule has 1 rings (SSSR count). The second-order valence-corrected chi connectivity index (χ2v) is 3.83. The molecule has 1 amide bonds. The van der Waals surface area contributed by atoms with E-state index in [-0.39, 0.29) is 17.2 Å². The summed E-state index contributed by atoms with van der Waals surface area (Å²) in [6.45, 7) is 4.20. The van der Waals surface area contributed by atoms with Gasteiger partial charge in [0.25, 0.3) is 0 Å². The van der Waals surface area contributed by atoms with Crippen LogP contribution in [0, 0.1) is 11.3 Å². The first-order chi connectivity index (χ1) is 5.51. The highest BCUT2D eigenvalue weighted by molar-refractivity contribution is 5.78. The minimum Gasteiger partial charge on any atom is -0.369 e. The molecular weight excluding hydrogens is 150 g/mol. The predicted octanol–water partition coefficient (Wildman–Crippen LogP) is 1.63. The molecule has 1 atom stereocenters. The third-order valence-corrected chi connectivity index (χ3v) is 2.06. The van der Waals surface area contributed by atoms with Gasteiger partial charge in [-0.15, -0.1) is 0 Å². The zero-order valence-electron chi connectivity index (χ0n) is 7.58. The molecule has 0 fully saturated rings. The predicted molar refractivity (Wildman–Crippen MR) is 49.4 cm³/mol. The van der Waals surface area contributed by atoms with Crippen LogP contribution in [0.2, 0.25) is 0 Å². The average Bonchev–Trinajstić information content (AvgIpc) is 2.10. The van der Waals surface area contributed by atoms with E-state index in [1.807, 2.05) is 18.2 Å². The molecule has 0 aromatic heterocycles. The number of nitrogens with two attached hydrogens (primary N) is 1. The lowest BCUT2D eigenvalue weighted by molar-refractivity contribution is -0.120. The molecule has 0 radical (unpaired) electrons. The van der Waals surface area contributed by atoms with Crippen molar-refractivity contribution in [3.63, 3.8) is 0 Å². The van der Waals surface area contributed by atoms with E-state index < -0.39 is 0 Å². The van der Waals surface area contributed by atoms with E-state index in [0.717, 1.165) is 6.42 Å². The van der Waals surface area contributed by atoms with Crippen molar-refractivity contribution in [2.45, 2.75) is 20.3 Å². The van der Waals surface area contributed by atoms with E-state index in [0.29, 0.717) is 0 Å². The van der Waals surface area contributed by atoms with Crippen LogP contribution in [0.1, 0.15) is 20.3 Å². The number of amides is 1. The number of rotatable bonds is 1. The molecule has 0 saturated heterocycles. The topological polar surface area (TPSA) is 43.1 Å². The molecule has 2 N–H and O–H groups in total. The van der Waals surface area contributed by atoms with Crippen LogP contribution in [-0.4, -0.2) is 5.91 Å². The first-order valence-electron chi connectivity index (χ1n) is 4.18. The van der Waals surface area contributed by atoms with Gasteiger partial charge < -0.3 is 5.73 Å². The maximum Gasteiger partial charge on any atom is 0.224 e. The summed E-state index contributed by atoms with van der Waals surface area (Å²) in [5.74, 6) is -0.364. The monoisotopic (exact) mass is 165 g/mol. The average molecular weight is 165 g/mol. The standard InChI is InChI=1S/C10H15NO/c1-10(2)6-3-4-8(5-7-10)9(11)12/h3,5-8H,4H2,1-2H3,(H2,11,12). The van der Waals surface area contributed by atoms with Gasteiger partial charge in [-0.25, -0.2) is 0 Å². The fraction of sp³-hybridized carbons (Fsp3) is 0.500. The smallest absolute Gasteiger partial charge is 0.224 e. The van der Waals surface area contributed by atoms with Crippen molar-refractivity contribution in [1.82, 2.24) is 0 Å². The van der Waals surface area contributed by atoms with E-state index >= 15 is 0 Å². The molecule has 1 unspecified atom stereocenters. The maximum absolute atomic E-state index is 10.9. The summed E-state index contributed by atoms with van der Waals surface area (Å²) in [6, 6.07) is 0. The van der Waals surface area contributed by atoms with E-state index in [4.69, 9.17) is 5.73 Å². The van der Waals surface area contributed by atoms with E-state index in [2.05, 4.69) is 19.9 Å². The second-order valence-electron chi connectivity index (χ2n) is 3.83. The van der Waals surface area contributed by atoms with Crippen molar-refractivity contribution < 1.29 is 4.79 Å². The van der Waals surface area contributed by atoms with Crippen LogP contribution >= 0.6 is 0 Å². The lowest BCUT2D eigenvalue weighted by Crippen LogP contribution is -2.20. The summed E-state index contributed by atoms with van der Waals surface area (Å²) in [5.41, 5.74) is 5.26. The van der Waals surface area contributed by atoms with Gasteiger partial charge in [-0.05, 0) is 6.42 Å². The summed E-state index contributed by atoms with van der Waals surface area (Å²) < 4.78 is 0. The third-order valence-electron chi connectivity index (χ3n) is 2.06. The minimum atomic E-state index is -0.242. The molecule has 2 nitrogen and oxygen atoms in total. The summed E-state index contributed by atoms with van der Waals surface area (Å²) in [4.78, 5) is 10.9. The number of carbonyl (C=O) groups excluding carboxylic acids is 1. The van der Waals surface area contributed by atoms with Gasteiger partial charge in [0.1, 0.15) is 0 Å². The Labute approximate surface area is 73.1 Å². The normalized spacial score (nSPS) is 26.7. The molecule has 2 heteroatoms. The minimum absolute atomic E-state index is 0.0597. The zero-order chi connectivity index (χ0) is 9.19. The fourth-order valence-corrected chi connectivity index (χ4v) is 1.23. The lowest BCUT2D eigenvalue weighted by Gasteiger charge is -2.12. The Kier molecular flexibility index (Phi) is 2.36. The van der Waals surface area contributed by atoms with Crippen LogP contribution in [0.5, 0.6) is 0 Å². The van der Waals surface area contributed by atoms with Crippen molar-refractivity contribution in [3.05, 3.63) is 24.3 Å². The van der Waals surface area contributed by atoms with Crippen molar-refractivity contribution in [3.8, 4) is 0 Å². The molecule has 0 aliphatic heterocycles. The van der Waals surface area contributed by atoms with Crippen LogP contribution in [0.25, 0.3) is 0 Å². The fourth-order valence-electron chi connectivity index (χ4n) is 1.23. The molecule has 0 aromatic carbocycles. The van der Waals surface area contributed by atoms with E-state index in [1.54, 1.807) is 0 Å². The Morgan fingerprint density at radius 1 is 1.50 bits per heavy atom. The van der Waals surface area contributed by atoms with Gasteiger partial charge in [0, 0.05) is 5.41 Å². The number of hydrogen-bond acceptors (Lipinski definition) is 1. The van der Waals surface area contributed by atoms with Gasteiger partial charge in [0.05, 0.1) is 5.92 Å². The molecule has 0 spiro atoms. The second kappa shape index (κ2) is 3.13. The summed E-state index contributed by atoms with van der Waals surface area (Å²) in [5, 5.41) is 0. The molecule has 12 heavy (non-hydrogen) atoms. The van der Waals surface area contributed by atoms with Crippen LogP contribution in [0.3, 0.4) is 0 Å². The van der Waals surface area contributed by atoms with E-state index in [9.17, 15) is 4.79 Å². The van der Waals surface area contributed by atoms with Gasteiger partial charge in [-0.2, -0.15) is 0 Å². The lowest BCUT2D eigenvalue weighted by atomic mass is 9.93. The van der Waals surface area contributed by atoms with Crippen LogP contribution in [0.4, 0.5) is 0 Å². The molecule has 0 saturated carbocycles. The molecule has 0 heterocycles. The van der Waals surface area contributed by atoms with Gasteiger partial charge in [-0.1, -0.05) is 38.2 Å². The molecule has 66 valence electrons. The zero-order valence-corrected chi connectivity index (χ0v) is 7.58. The summed E-state index contributed by atoms with van der Waals surface area (Å²) in [6.07, 6.45) is 8.80. The van der Waals surface area contributed by atoms with Crippen molar-refractivity contribution in [2.24, 2.45) is 17.1 Å². The summed E-state index contributed by atoms with van der Waals surface area (Å²) in [7, 11) is 0. The number of allylic oxidation sites excluding steroid dienone is 3. The number of carbonyl (C=O) groups is 1. The molecule has 1 aliphatic carbocycles. The van der Waals surface area contributed by atoms with Gasteiger partial charge in [-0.3, -0.25) is 4.79 Å². The van der Waals surface area contributed by atoms with Gasteiger partial charge in [0.2, 0.25) is 5.91 Å². The molecule has 0 aromatic rings. The van der Waals surface area contributed by atoms with Crippen LogP contribution < -0.4 is 5.73 Å². The van der Waals surface area contributed by atoms with Gasteiger partial charge >= 0.3 is 0 Å². The highest BCUT2D eigenvalue weighted by atomic mass is 16.1. The summed E-state index contributed by atoms with van der Waals surface area (Å²) >= 11 is 0. The molecular formula is C10H15NO. The largest absolute Gasteiger partial charge is 0.369 e. The molecule has 0 bridgehead atoms. The van der Waals surface area contributed by atoms with Crippen molar-refractivity contribution >= 4 is 5.91 Å². The Balaban J connectivity index is 2.79. The maximum atomic E-state index is 10.9. The first kappa shape index (κ1) is 9.04. The van der Waals surface area contributed by atoms with Crippen LogP contribution in [-0.2, 0) is 4.79 Å². The first-order valence-corrected chi connectivity index (χ1v) is 4.18. The Bertz CT molecular complexity index is 238. The van der Waals surface area contributed by atoms with Crippen molar-refractivity contribution in [1.29, 1.82) is 0 Å². The third kappa shape index (κ3) is 2.22. The van der Waals surface area contributed by atoms with Crippen molar-refractivity contribution in [2.75, 3.05) is 0 Å².